The van der Waals surface area contributed by atoms with Crippen LogP contribution in [0.15, 0.2) is 18.9 Å². The predicted molar refractivity (Wildman–Crippen MR) is 45.9 cm³/mol. The van der Waals surface area contributed by atoms with Gasteiger partial charge >= 0.3 is 0 Å². The normalized spacial score (nSPS) is 12.8. The standard InChI is InChI=1S/C7H13N5/c1-2-3-4-6(10-8)7-5-9-12-11-7/h2,5-6,10H,1,3-4,8H2,(H,9,11,12). The van der Waals surface area contributed by atoms with Crippen LogP contribution in [-0.4, -0.2) is 15.4 Å². The molecule has 1 atom stereocenters. The molecular weight excluding hydrogens is 154 g/mol. The second-order valence-corrected chi connectivity index (χ2v) is 2.48. The lowest BCUT2D eigenvalue weighted by Crippen LogP contribution is -2.28. The van der Waals surface area contributed by atoms with Gasteiger partial charge in [0.05, 0.1) is 12.2 Å². The van der Waals surface area contributed by atoms with Gasteiger partial charge < -0.3 is 0 Å². The minimum Gasteiger partial charge on any atom is -0.271 e. The number of hydrogen-bond donors (Lipinski definition) is 3. The van der Waals surface area contributed by atoms with Gasteiger partial charge in [-0.05, 0) is 12.8 Å². The summed E-state index contributed by atoms with van der Waals surface area (Å²) in [7, 11) is 0. The summed E-state index contributed by atoms with van der Waals surface area (Å²) in [5.74, 6) is 5.34. The predicted octanol–water partition coefficient (Wildman–Crippen LogP) is 0.275. The number of allylic oxidation sites excluding steroid dienone is 1. The van der Waals surface area contributed by atoms with Gasteiger partial charge in [-0.15, -0.1) is 6.58 Å². The molecule has 5 heteroatoms. The molecule has 1 aromatic rings. The molecule has 0 spiro atoms. The average Bonchev–Trinajstić information content (AvgIpc) is 2.59. The molecule has 0 fully saturated rings. The Morgan fingerprint density at radius 1 is 1.83 bits per heavy atom. The Bertz CT molecular complexity index is 218. The number of nitrogens with one attached hydrogen (secondary N) is 2. The van der Waals surface area contributed by atoms with Crippen LogP contribution in [0, 0.1) is 0 Å². The minimum absolute atomic E-state index is 0.0572. The van der Waals surface area contributed by atoms with Crippen molar-refractivity contribution in [2.45, 2.75) is 18.9 Å². The second-order valence-electron chi connectivity index (χ2n) is 2.48. The fraction of sp³-hybridized carbons (Fsp3) is 0.429. The summed E-state index contributed by atoms with van der Waals surface area (Å²) in [6, 6.07) is 0.0572. The topological polar surface area (TPSA) is 79.6 Å². The molecule has 1 unspecified atom stereocenters. The third kappa shape index (κ3) is 2.14. The maximum atomic E-state index is 5.34. The molecule has 12 heavy (non-hydrogen) atoms. The Labute approximate surface area is 71.0 Å². The van der Waals surface area contributed by atoms with Crippen LogP contribution >= 0.6 is 0 Å². The zero-order chi connectivity index (χ0) is 8.81. The smallest absolute Gasteiger partial charge is 0.101 e. The zero-order valence-corrected chi connectivity index (χ0v) is 6.83. The summed E-state index contributed by atoms with van der Waals surface area (Å²) in [6.45, 7) is 3.64. The molecule has 0 saturated heterocycles. The maximum absolute atomic E-state index is 5.34. The molecule has 0 radical (unpaired) electrons. The fourth-order valence-corrected chi connectivity index (χ4v) is 0.979. The van der Waals surface area contributed by atoms with Gasteiger partial charge in [-0.1, -0.05) is 6.08 Å². The first kappa shape index (κ1) is 8.89. The van der Waals surface area contributed by atoms with Crippen molar-refractivity contribution in [1.82, 2.24) is 20.8 Å². The molecule has 1 rings (SSSR count). The number of rotatable bonds is 5. The number of nitrogens with two attached hydrogens (primary N) is 1. The minimum atomic E-state index is 0.0572. The van der Waals surface area contributed by atoms with Gasteiger partial charge in [0.2, 0.25) is 0 Å². The van der Waals surface area contributed by atoms with Crippen molar-refractivity contribution in [1.29, 1.82) is 0 Å². The summed E-state index contributed by atoms with van der Waals surface area (Å²) in [6.07, 6.45) is 5.30. The van der Waals surface area contributed by atoms with Crippen LogP contribution in [0.4, 0.5) is 0 Å². The number of aromatic amines is 1. The van der Waals surface area contributed by atoms with E-state index < -0.39 is 0 Å². The van der Waals surface area contributed by atoms with E-state index in [2.05, 4.69) is 27.4 Å². The molecule has 0 bridgehead atoms. The van der Waals surface area contributed by atoms with Crippen LogP contribution in [-0.2, 0) is 0 Å². The summed E-state index contributed by atoms with van der Waals surface area (Å²) < 4.78 is 0. The van der Waals surface area contributed by atoms with E-state index in [-0.39, 0.29) is 6.04 Å². The number of aromatic nitrogens is 3. The van der Waals surface area contributed by atoms with Gasteiger partial charge in [0.25, 0.3) is 0 Å². The third-order valence-corrected chi connectivity index (χ3v) is 1.65. The van der Waals surface area contributed by atoms with Crippen molar-refractivity contribution in [3.8, 4) is 0 Å². The Kier molecular flexibility index (Phi) is 3.43. The Hall–Kier alpha value is -1.20. The van der Waals surface area contributed by atoms with Crippen LogP contribution in [0.25, 0.3) is 0 Å². The van der Waals surface area contributed by atoms with E-state index in [1.54, 1.807) is 6.20 Å². The summed E-state index contributed by atoms with van der Waals surface area (Å²) in [5.41, 5.74) is 3.50. The van der Waals surface area contributed by atoms with Crippen molar-refractivity contribution in [3.63, 3.8) is 0 Å². The molecule has 0 aliphatic carbocycles. The fourth-order valence-electron chi connectivity index (χ4n) is 0.979. The van der Waals surface area contributed by atoms with E-state index in [1.807, 2.05) is 6.08 Å². The second kappa shape index (κ2) is 4.63. The molecule has 4 N–H and O–H groups in total. The van der Waals surface area contributed by atoms with Gasteiger partial charge in [0, 0.05) is 0 Å². The molecular formula is C7H13N5. The van der Waals surface area contributed by atoms with Crippen molar-refractivity contribution in [2.75, 3.05) is 0 Å². The largest absolute Gasteiger partial charge is 0.271 e. The zero-order valence-electron chi connectivity index (χ0n) is 6.83. The SMILES string of the molecule is C=CCCC(NN)c1cn[nH]n1. The van der Waals surface area contributed by atoms with Crippen molar-refractivity contribution < 1.29 is 0 Å². The molecule has 0 aliphatic heterocycles. The molecule has 0 amide bonds. The van der Waals surface area contributed by atoms with Crippen LogP contribution in [0.2, 0.25) is 0 Å². The van der Waals surface area contributed by atoms with Crippen LogP contribution < -0.4 is 11.3 Å². The van der Waals surface area contributed by atoms with Crippen molar-refractivity contribution in [3.05, 3.63) is 24.5 Å². The highest BCUT2D eigenvalue weighted by atomic mass is 15.3. The first-order chi connectivity index (χ1) is 5.88. The Morgan fingerprint density at radius 3 is 3.17 bits per heavy atom. The highest BCUT2D eigenvalue weighted by Crippen LogP contribution is 2.13. The Morgan fingerprint density at radius 2 is 2.67 bits per heavy atom. The van der Waals surface area contributed by atoms with Gasteiger partial charge in [-0.3, -0.25) is 11.3 Å². The summed E-state index contributed by atoms with van der Waals surface area (Å²) in [4.78, 5) is 0. The first-order valence-corrected chi connectivity index (χ1v) is 3.81. The highest BCUT2D eigenvalue weighted by molar-refractivity contribution is 4.99. The van der Waals surface area contributed by atoms with Gasteiger partial charge in [0.15, 0.2) is 0 Å². The van der Waals surface area contributed by atoms with Crippen molar-refractivity contribution in [2.24, 2.45) is 5.84 Å². The van der Waals surface area contributed by atoms with Crippen LogP contribution in [0.3, 0.4) is 0 Å². The molecule has 0 aromatic carbocycles. The molecule has 0 saturated carbocycles. The van der Waals surface area contributed by atoms with Gasteiger partial charge in [-0.2, -0.15) is 15.4 Å². The Balaban J connectivity index is 2.51. The van der Waals surface area contributed by atoms with Crippen LogP contribution in [0.1, 0.15) is 24.6 Å². The van der Waals surface area contributed by atoms with E-state index in [1.165, 1.54) is 0 Å². The first-order valence-electron chi connectivity index (χ1n) is 3.81. The van der Waals surface area contributed by atoms with Crippen molar-refractivity contribution >= 4 is 0 Å². The molecule has 1 heterocycles. The highest BCUT2D eigenvalue weighted by Gasteiger charge is 2.10. The van der Waals surface area contributed by atoms with E-state index in [4.69, 9.17) is 5.84 Å². The average molecular weight is 167 g/mol. The van der Waals surface area contributed by atoms with Gasteiger partial charge in [0.1, 0.15) is 5.69 Å². The lowest BCUT2D eigenvalue weighted by Gasteiger charge is -2.10. The number of H-pyrrole nitrogens is 1. The molecule has 0 aliphatic rings. The molecule has 66 valence electrons. The monoisotopic (exact) mass is 167 g/mol. The quantitative estimate of drug-likeness (QED) is 0.334. The summed E-state index contributed by atoms with van der Waals surface area (Å²) in [5, 5.41) is 10.2. The summed E-state index contributed by atoms with van der Waals surface area (Å²) >= 11 is 0. The molecule has 1 aromatic heterocycles. The maximum Gasteiger partial charge on any atom is 0.101 e. The third-order valence-electron chi connectivity index (χ3n) is 1.65. The number of hydrogen-bond acceptors (Lipinski definition) is 4. The van der Waals surface area contributed by atoms with E-state index in [9.17, 15) is 0 Å². The lowest BCUT2D eigenvalue weighted by molar-refractivity contribution is 0.508. The van der Waals surface area contributed by atoms with E-state index in [0.717, 1.165) is 18.5 Å². The van der Waals surface area contributed by atoms with Crippen LogP contribution in [0.5, 0.6) is 0 Å². The van der Waals surface area contributed by atoms with E-state index >= 15 is 0 Å². The number of hydrazine groups is 1. The van der Waals surface area contributed by atoms with E-state index in [0.29, 0.717) is 0 Å². The number of nitrogens with zero attached hydrogens (tertiary/aromatic N) is 2. The van der Waals surface area contributed by atoms with Gasteiger partial charge in [-0.25, -0.2) is 0 Å². The lowest BCUT2D eigenvalue weighted by atomic mass is 10.1. The molecule has 5 nitrogen and oxygen atoms in total.